The second-order valence-electron chi connectivity index (χ2n) is 11.8. The summed E-state index contributed by atoms with van der Waals surface area (Å²) in [5.41, 5.74) is 8.64. The normalized spacial score (nSPS) is 11.6. The predicted octanol–water partition coefficient (Wildman–Crippen LogP) is 9.23. The van der Waals surface area contributed by atoms with Crippen LogP contribution in [0.15, 0.2) is 18.2 Å². The van der Waals surface area contributed by atoms with Crippen molar-refractivity contribution in [2.45, 2.75) is 136 Å². The van der Waals surface area contributed by atoms with Gasteiger partial charge in [0.15, 0.2) is 5.82 Å². The van der Waals surface area contributed by atoms with Crippen molar-refractivity contribution in [2.75, 3.05) is 18.9 Å². The zero-order chi connectivity index (χ0) is 30.0. The largest absolute Gasteiger partial charge is 0.493 e. The number of pyridine rings is 1. The molecule has 234 valence electrons. The monoisotopic (exact) mass is 580 g/mol. The smallest absolute Gasteiger partial charge is 0.152 e. The van der Waals surface area contributed by atoms with Crippen molar-refractivity contribution in [3.8, 4) is 5.75 Å². The first-order valence-electron chi connectivity index (χ1n) is 16.8. The molecule has 0 aliphatic rings. The zero-order valence-corrected chi connectivity index (χ0v) is 26.7. The van der Waals surface area contributed by atoms with Gasteiger partial charge < -0.3 is 19.8 Å². The van der Waals surface area contributed by atoms with E-state index in [1.54, 1.807) is 0 Å². The number of aromatic nitrogens is 3. The Balaban J connectivity index is 1.29. The van der Waals surface area contributed by atoms with Crippen molar-refractivity contribution in [3.63, 3.8) is 0 Å². The molecule has 42 heavy (non-hydrogen) atoms. The molecule has 7 nitrogen and oxygen atoms in total. The van der Waals surface area contributed by atoms with Gasteiger partial charge in [0.1, 0.15) is 29.5 Å². The number of ketones is 1. The van der Waals surface area contributed by atoms with E-state index < -0.39 is 0 Å². The molecule has 0 bridgehead atoms. The lowest BCUT2D eigenvalue weighted by Crippen LogP contribution is -2.03. The molecule has 0 aliphatic carbocycles. The van der Waals surface area contributed by atoms with Gasteiger partial charge in [-0.3, -0.25) is 4.79 Å². The van der Waals surface area contributed by atoms with Crippen LogP contribution in [-0.4, -0.2) is 33.5 Å². The SMILES string of the molecule is CCCCCCCCCCCCCCCC(=O)CCCCCOc1cccc2nc(N)c3nc(COCC)n(C)c3c12. The van der Waals surface area contributed by atoms with Gasteiger partial charge >= 0.3 is 0 Å². The van der Waals surface area contributed by atoms with Crippen LogP contribution in [0.1, 0.15) is 135 Å². The average Bonchev–Trinajstić information content (AvgIpc) is 3.32. The lowest BCUT2D eigenvalue weighted by atomic mass is 10.0. The standard InChI is InChI=1S/C35H56N4O3/c1-4-6-7-8-9-10-11-12-13-14-15-16-18-22-28(40)23-19-17-20-26-42-30-25-21-24-29-32(30)34-33(35(36)37-29)38-31(39(34)3)27-41-5-2/h21,24-25H,4-20,22-23,26-27H2,1-3H3,(H2,36,37). The summed E-state index contributed by atoms with van der Waals surface area (Å²) in [5, 5.41) is 0.924. The molecule has 0 spiro atoms. The summed E-state index contributed by atoms with van der Waals surface area (Å²) in [6.07, 6.45) is 21.6. The van der Waals surface area contributed by atoms with Gasteiger partial charge in [-0.25, -0.2) is 9.97 Å². The minimum atomic E-state index is 0.413. The predicted molar refractivity (Wildman–Crippen MR) is 175 cm³/mol. The maximum Gasteiger partial charge on any atom is 0.152 e. The number of imidazole rings is 1. The number of hydrogen-bond donors (Lipinski definition) is 1. The number of nitrogens with zero attached hydrogens (tertiary/aromatic N) is 3. The van der Waals surface area contributed by atoms with E-state index in [0.29, 0.717) is 43.4 Å². The number of unbranched alkanes of at least 4 members (excludes halogenated alkanes) is 14. The fourth-order valence-corrected chi connectivity index (χ4v) is 5.73. The minimum absolute atomic E-state index is 0.413. The van der Waals surface area contributed by atoms with Crippen molar-refractivity contribution < 1.29 is 14.3 Å². The molecule has 3 rings (SSSR count). The summed E-state index contributed by atoms with van der Waals surface area (Å²) in [6.45, 7) is 5.89. The number of carbonyl (C=O) groups excluding carboxylic acids is 1. The van der Waals surface area contributed by atoms with Crippen LogP contribution in [0.4, 0.5) is 5.82 Å². The average molecular weight is 581 g/mol. The molecule has 0 unspecified atom stereocenters. The summed E-state index contributed by atoms with van der Waals surface area (Å²) in [7, 11) is 1.98. The summed E-state index contributed by atoms with van der Waals surface area (Å²) in [6, 6.07) is 5.88. The summed E-state index contributed by atoms with van der Waals surface area (Å²) < 4.78 is 13.9. The molecule has 0 aliphatic heterocycles. The molecule has 0 fully saturated rings. The number of fused-ring (bicyclic) bond motifs is 3. The van der Waals surface area contributed by atoms with Crippen LogP contribution in [0.5, 0.6) is 5.75 Å². The number of aryl methyl sites for hydroxylation is 1. The Bertz CT molecular complexity index is 1210. The fourth-order valence-electron chi connectivity index (χ4n) is 5.73. The van der Waals surface area contributed by atoms with E-state index in [-0.39, 0.29) is 0 Å². The highest BCUT2D eigenvalue weighted by molar-refractivity contribution is 6.09. The number of carbonyl (C=O) groups is 1. The number of ether oxygens (including phenoxy) is 2. The number of rotatable bonds is 24. The Morgan fingerprint density at radius 3 is 2.02 bits per heavy atom. The van der Waals surface area contributed by atoms with Gasteiger partial charge in [-0.15, -0.1) is 0 Å². The van der Waals surface area contributed by atoms with Crippen LogP contribution in [0.2, 0.25) is 0 Å². The van der Waals surface area contributed by atoms with Gasteiger partial charge in [-0.2, -0.15) is 0 Å². The van der Waals surface area contributed by atoms with E-state index in [4.69, 9.17) is 20.2 Å². The fraction of sp³-hybridized carbons (Fsp3) is 0.686. The van der Waals surface area contributed by atoms with Gasteiger partial charge in [0.25, 0.3) is 0 Å². The van der Waals surface area contributed by atoms with Crippen LogP contribution in [-0.2, 0) is 23.2 Å². The first kappa shape index (κ1) is 33.8. The molecule has 0 saturated carbocycles. The number of anilines is 1. The molecule has 7 heteroatoms. The summed E-state index contributed by atoms with van der Waals surface area (Å²) >= 11 is 0. The highest BCUT2D eigenvalue weighted by atomic mass is 16.5. The summed E-state index contributed by atoms with van der Waals surface area (Å²) in [4.78, 5) is 21.6. The van der Waals surface area contributed by atoms with Crippen molar-refractivity contribution in [3.05, 3.63) is 24.0 Å². The Morgan fingerprint density at radius 2 is 1.40 bits per heavy atom. The van der Waals surface area contributed by atoms with Gasteiger partial charge in [-0.05, 0) is 44.7 Å². The molecule has 2 heterocycles. The molecule has 2 N–H and O–H groups in total. The van der Waals surface area contributed by atoms with Gasteiger partial charge in [0.05, 0.1) is 23.0 Å². The number of nitrogen functional groups attached to an aromatic ring is 1. The van der Waals surface area contributed by atoms with E-state index in [2.05, 4.69) is 11.9 Å². The van der Waals surface area contributed by atoms with E-state index in [1.165, 1.54) is 77.0 Å². The summed E-state index contributed by atoms with van der Waals surface area (Å²) in [5.74, 6) is 2.43. The Hall–Kier alpha value is -2.67. The lowest BCUT2D eigenvalue weighted by molar-refractivity contribution is -0.119. The molecule has 0 radical (unpaired) electrons. The first-order chi connectivity index (χ1) is 20.6. The molecular weight excluding hydrogens is 524 g/mol. The van der Waals surface area contributed by atoms with E-state index >= 15 is 0 Å². The highest BCUT2D eigenvalue weighted by Crippen LogP contribution is 2.34. The van der Waals surface area contributed by atoms with E-state index in [1.807, 2.05) is 36.7 Å². The third-order valence-electron chi connectivity index (χ3n) is 8.26. The number of hydrogen-bond acceptors (Lipinski definition) is 6. The van der Waals surface area contributed by atoms with Crippen LogP contribution >= 0.6 is 0 Å². The molecule has 0 amide bonds. The van der Waals surface area contributed by atoms with Crippen molar-refractivity contribution in [2.24, 2.45) is 7.05 Å². The second-order valence-corrected chi connectivity index (χ2v) is 11.8. The highest BCUT2D eigenvalue weighted by Gasteiger charge is 2.18. The number of benzene rings is 1. The topological polar surface area (TPSA) is 92.3 Å². The number of Topliss-reactive ketones (excluding diaryl/α,β-unsaturated/α-hetero) is 1. The van der Waals surface area contributed by atoms with Crippen molar-refractivity contribution in [1.29, 1.82) is 0 Å². The van der Waals surface area contributed by atoms with Gasteiger partial charge in [0, 0.05) is 26.5 Å². The quantitative estimate of drug-likeness (QED) is 0.106. The molecular formula is C35H56N4O3. The Morgan fingerprint density at radius 1 is 0.810 bits per heavy atom. The van der Waals surface area contributed by atoms with Gasteiger partial charge in [-0.1, -0.05) is 90.0 Å². The third kappa shape index (κ3) is 10.9. The minimum Gasteiger partial charge on any atom is -0.493 e. The Labute approximate surface area is 254 Å². The maximum absolute atomic E-state index is 12.3. The number of nitrogens with two attached hydrogens (primary N) is 1. The maximum atomic E-state index is 12.3. The van der Waals surface area contributed by atoms with Crippen LogP contribution in [0, 0.1) is 0 Å². The van der Waals surface area contributed by atoms with Crippen molar-refractivity contribution >= 4 is 33.5 Å². The second kappa shape index (κ2) is 19.5. The van der Waals surface area contributed by atoms with Crippen LogP contribution < -0.4 is 10.5 Å². The van der Waals surface area contributed by atoms with Crippen molar-refractivity contribution in [1.82, 2.24) is 14.5 Å². The third-order valence-corrected chi connectivity index (χ3v) is 8.26. The molecule has 1 aromatic carbocycles. The van der Waals surface area contributed by atoms with Gasteiger partial charge in [0.2, 0.25) is 0 Å². The molecule has 2 aromatic heterocycles. The lowest BCUT2D eigenvalue weighted by Gasteiger charge is -2.12. The van der Waals surface area contributed by atoms with E-state index in [9.17, 15) is 4.79 Å². The zero-order valence-electron chi connectivity index (χ0n) is 26.7. The Kier molecular flexibility index (Phi) is 15.7. The molecule has 3 aromatic rings. The van der Waals surface area contributed by atoms with Crippen LogP contribution in [0.3, 0.4) is 0 Å². The van der Waals surface area contributed by atoms with E-state index in [0.717, 1.165) is 60.1 Å². The first-order valence-corrected chi connectivity index (χ1v) is 16.8. The van der Waals surface area contributed by atoms with Crippen LogP contribution in [0.25, 0.3) is 21.9 Å². The molecule has 0 atom stereocenters. The molecule has 0 saturated heterocycles.